The van der Waals surface area contributed by atoms with Crippen LogP contribution in [-0.4, -0.2) is 39.6 Å². The fourth-order valence-corrected chi connectivity index (χ4v) is 4.03. The lowest BCUT2D eigenvalue weighted by Crippen LogP contribution is -2.31. The molecule has 1 aromatic heterocycles. The number of nitrogens with zero attached hydrogens (tertiary/aromatic N) is 3. The number of halogens is 3. The Morgan fingerprint density at radius 3 is 2.47 bits per heavy atom. The molecule has 2 amide bonds. The first-order valence-electron chi connectivity index (χ1n) is 11.3. The largest absolute Gasteiger partial charge is 0.416 e. The number of hydrogen-bond acceptors (Lipinski definition) is 5. The van der Waals surface area contributed by atoms with E-state index in [1.165, 1.54) is 25.1 Å². The summed E-state index contributed by atoms with van der Waals surface area (Å²) in [5.41, 5.74) is 4.83. The number of rotatable bonds is 5. The lowest BCUT2D eigenvalue weighted by molar-refractivity contribution is -0.137. The van der Waals surface area contributed by atoms with Gasteiger partial charge in [0.15, 0.2) is 0 Å². The van der Waals surface area contributed by atoms with Crippen LogP contribution in [0, 0.1) is 0 Å². The summed E-state index contributed by atoms with van der Waals surface area (Å²) in [6.07, 6.45) is -2.71. The first-order chi connectivity index (χ1) is 17.0. The average Bonchev–Trinajstić information content (AvgIpc) is 3.38. The molecule has 1 fully saturated rings. The molecule has 0 unspecified atom stereocenters. The van der Waals surface area contributed by atoms with E-state index in [0.29, 0.717) is 24.3 Å². The summed E-state index contributed by atoms with van der Waals surface area (Å²) in [5, 5.41) is 6.71. The van der Waals surface area contributed by atoms with Gasteiger partial charge in [0.1, 0.15) is 5.69 Å². The van der Waals surface area contributed by atoms with E-state index in [-0.39, 0.29) is 22.9 Å². The minimum absolute atomic E-state index is 0.0871. The Morgan fingerprint density at radius 2 is 1.78 bits per heavy atom. The maximum absolute atomic E-state index is 13.1. The smallest absolute Gasteiger partial charge is 0.399 e. The molecule has 0 saturated carbocycles. The number of nitrogens with one attached hydrogen (secondary N) is 1. The third-order valence-electron chi connectivity index (χ3n) is 5.92. The van der Waals surface area contributed by atoms with Crippen LogP contribution < -0.4 is 16.6 Å². The van der Waals surface area contributed by atoms with E-state index >= 15 is 0 Å². The van der Waals surface area contributed by atoms with Crippen LogP contribution in [0.1, 0.15) is 57.8 Å². The maximum atomic E-state index is 13.1. The van der Waals surface area contributed by atoms with Crippen LogP contribution in [0.3, 0.4) is 0 Å². The molecule has 36 heavy (non-hydrogen) atoms. The van der Waals surface area contributed by atoms with Crippen LogP contribution in [0.2, 0.25) is 0 Å². The monoisotopic (exact) mass is 499 g/mol. The van der Waals surface area contributed by atoms with Gasteiger partial charge in [0, 0.05) is 30.4 Å². The van der Waals surface area contributed by atoms with Crippen molar-refractivity contribution in [2.24, 2.45) is 0 Å². The molecule has 3 aromatic rings. The Hall–Kier alpha value is -4.15. The lowest BCUT2D eigenvalue weighted by Gasteiger charge is -2.17. The highest BCUT2D eigenvalue weighted by Crippen LogP contribution is 2.32. The second kappa shape index (κ2) is 9.84. The first-order valence-corrected chi connectivity index (χ1v) is 11.3. The molecule has 0 radical (unpaired) electrons. The van der Waals surface area contributed by atoms with E-state index in [4.69, 9.17) is 5.73 Å². The molecule has 0 aliphatic carbocycles. The molecular weight excluding hydrogens is 475 g/mol. The van der Waals surface area contributed by atoms with Gasteiger partial charge in [-0.2, -0.15) is 23.0 Å². The summed E-state index contributed by atoms with van der Waals surface area (Å²) in [4.78, 5) is 39.8. The molecular formula is C25H24F3N5O3. The molecule has 3 N–H and O–H groups in total. The quantitative estimate of drug-likeness (QED) is 0.522. The molecule has 11 heteroatoms. The molecule has 1 atom stereocenters. The average molecular weight is 499 g/mol. The number of hydrogen-bond donors (Lipinski definition) is 2. The SMILES string of the molecule is C[C@@H](NC(=O)c1ccc(=O)n(-c2cccc(C(=O)N3CCCC3)c2)n1)c1cc(N)cc(C(F)(F)F)c1. The van der Waals surface area contributed by atoms with Crippen molar-refractivity contribution in [3.63, 3.8) is 0 Å². The number of anilines is 1. The number of likely N-dealkylation sites (tertiary alicyclic amines) is 1. The van der Waals surface area contributed by atoms with Crippen LogP contribution in [0.15, 0.2) is 59.4 Å². The lowest BCUT2D eigenvalue weighted by atomic mass is 10.0. The van der Waals surface area contributed by atoms with Gasteiger partial charge in [0.2, 0.25) is 0 Å². The molecule has 0 bridgehead atoms. The van der Waals surface area contributed by atoms with Gasteiger partial charge in [-0.05, 0) is 67.8 Å². The van der Waals surface area contributed by atoms with Gasteiger partial charge >= 0.3 is 6.18 Å². The fourth-order valence-electron chi connectivity index (χ4n) is 4.03. The highest BCUT2D eigenvalue weighted by Gasteiger charge is 2.31. The predicted octanol–water partition coefficient (Wildman–Crippen LogP) is 3.56. The van der Waals surface area contributed by atoms with Crippen molar-refractivity contribution in [1.82, 2.24) is 20.0 Å². The summed E-state index contributed by atoms with van der Waals surface area (Å²) in [7, 11) is 0. The number of nitrogen functional groups attached to an aromatic ring is 1. The summed E-state index contributed by atoms with van der Waals surface area (Å²) in [6.45, 7) is 2.86. The topological polar surface area (TPSA) is 110 Å². The van der Waals surface area contributed by atoms with Crippen molar-refractivity contribution in [1.29, 1.82) is 0 Å². The van der Waals surface area contributed by atoms with E-state index in [2.05, 4.69) is 10.4 Å². The van der Waals surface area contributed by atoms with Crippen LogP contribution in [-0.2, 0) is 6.18 Å². The first kappa shape index (κ1) is 25.0. The summed E-state index contributed by atoms with van der Waals surface area (Å²) >= 11 is 0. The zero-order chi connectivity index (χ0) is 26.0. The molecule has 4 rings (SSSR count). The molecule has 1 saturated heterocycles. The number of benzene rings is 2. The Kier molecular flexibility index (Phi) is 6.82. The Balaban J connectivity index is 1.57. The van der Waals surface area contributed by atoms with Crippen LogP contribution in [0.25, 0.3) is 5.69 Å². The normalized spacial score (nSPS) is 14.5. The van der Waals surface area contributed by atoms with Gasteiger partial charge in [-0.1, -0.05) is 6.07 Å². The van der Waals surface area contributed by atoms with Crippen molar-refractivity contribution in [3.8, 4) is 5.69 Å². The Labute approximate surface area is 204 Å². The second-order valence-corrected chi connectivity index (χ2v) is 8.60. The minimum atomic E-state index is -4.59. The van der Waals surface area contributed by atoms with Crippen molar-refractivity contribution in [2.75, 3.05) is 18.8 Å². The Morgan fingerprint density at radius 1 is 1.06 bits per heavy atom. The van der Waals surface area contributed by atoms with Crippen LogP contribution >= 0.6 is 0 Å². The number of aromatic nitrogens is 2. The third-order valence-corrected chi connectivity index (χ3v) is 5.92. The molecule has 1 aliphatic heterocycles. The number of alkyl halides is 3. The van der Waals surface area contributed by atoms with E-state index in [9.17, 15) is 27.6 Å². The van der Waals surface area contributed by atoms with Crippen LogP contribution in [0.4, 0.5) is 18.9 Å². The summed E-state index contributed by atoms with van der Waals surface area (Å²) in [6, 6.07) is 11.0. The third kappa shape index (κ3) is 5.40. The highest BCUT2D eigenvalue weighted by molar-refractivity contribution is 5.95. The van der Waals surface area contributed by atoms with E-state index in [0.717, 1.165) is 35.7 Å². The van der Waals surface area contributed by atoms with Gasteiger partial charge in [0.25, 0.3) is 17.4 Å². The summed E-state index contributed by atoms with van der Waals surface area (Å²) in [5.74, 6) is -0.845. The predicted molar refractivity (Wildman–Crippen MR) is 127 cm³/mol. The Bertz CT molecular complexity index is 1360. The molecule has 2 heterocycles. The second-order valence-electron chi connectivity index (χ2n) is 8.60. The maximum Gasteiger partial charge on any atom is 0.416 e. The van der Waals surface area contributed by atoms with Crippen molar-refractivity contribution < 1.29 is 22.8 Å². The molecule has 188 valence electrons. The van der Waals surface area contributed by atoms with Crippen molar-refractivity contribution in [2.45, 2.75) is 32.0 Å². The van der Waals surface area contributed by atoms with Gasteiger partial charge in [-0.25, -0.2) is 0 Å². The van der Waals surface area contributed by atoms with Gasteiger partial charge in [-0.3, -0.25) is 14.4 Å². The minimum Gasteiger partial charge on any atom is -0.399 e. The summed E-state index contributed by atoms with van der Waals surface area (Å²) < 4.78 is 40.4. The number of carbonyl (C=O) groups excluding carboxylic acids is 2. The standard InChI is InChI=1S/C25H24F3N5O3/c1-15(17-11-18(25(26,27)28)14-19(29)12-17)30-23(35)21-7-8-22(34)33(31-21)20-6-4-5-16(13-20)24(36)32-9-2-3-10-32/h4-8,11-15H,2-3,9-10,29H2,1H3,(H,30,35)/t15-/m1/s1. The van der Waals surface area contributed by atoms with Gasteiger partial charge < -0.3 is 16.0 Å². The molecule has 0 spiro atoms. The number of amides is 2. The number of carbonyl (C=O) groups is 2. The van der Waals surface area contributed by atoms with Crippen molar-refractivity contribution in [3.05, 3.63) is 87.3 Å². The van der Waals surface area contributed by atoms with E-state index < -0.39 is 29.2 Å². The van der Waals surface area contributed by atoms with Crippen molar-refractivity contribution >= 4 is 17.5 Å². The zero-order valence-corrected chi connectivity index (χ0v) is 19.4. The van der Waals surface area contributed by atoms with E-state index in [1.807, 2.05) is 0 Å². The molecule has 8 nitrogen and oxygen atoms in total. The van der Waals surface area contributed by atoms with E-state index in [1.54, 1.807) is 23.1 Å². The van der Waals surface area contributed by atoms with Gasteiger partial charge in [-0.15, -0.1) is 0 Å². The van der Waals surface area contributed by atoms with Crippen LogP contribution in [0.5, 0.6) is 0 Å². The zero-order valence-electron chi connectivity index (χ0n) is 19.4. The molecule has 1 aliphatic rings. The number of nitrogens with two attached hydrogens (primary N) is 1. The highest BCUT2D eigenvalue weighted by atomic mass is 19.4. The van der Waals surface area contributed by atoms with Gasteiger partial charge in [0.05, 0.1) is 17.3 Å². The fraction of sp³-hybridized carbons (Fsp3) is 0.280. The molecule has 2 aromatic carbocycles.